The zero-order chi connectivity index (χ0) is 15.1. The largest absolute Gasteiger partial charge is 0.382 e. The highest BCUT2D eigenvalue weighted by Crippen LogP contribution is 2.18. The molecule has 0 amide bonds. The summed E-state index contributed by atoms with van der Waals surface area (Å²) in [5, 5.41) is 1.26. The maximum absolute atomic E-state index is 6.05. The van der Waals surface area contributed by atoms with Gasteiger partial charge in [-0.05, 0) is 35.9 Å². The summed E-state index contributed by atoms with van der Waals surface area (Å²) in [4.78, 5) is 0. The third-order valence-corrected chi connectivity index (χ3v) is 3.77. The van der Waals surface area contributed by atoms with Gasteiger partial charge in [-0.3, -0.25) is 0 Å². The van der Waals surface area contributed by atoms with Gasteiger partial charge in [-0.25, -0.2) is 0 Å². The SMILES string of the molecule is CCC(N)Cc1ccc2ccn(CCOCCOC)c2c1. The average molecular weight is 290 g/mol. The topological polar surface area (TPSA) is 49.4 Å². The van der Waals surface area contributed by atoms with Crippen LogP contribution in [0.15, 0.2) is 30.5 Å². The van der Waals surface area contributed by atoms with E-state index in [-0.39, 0.29) is 6.04 Å². The summed E-state index contributed by atoms with van der Waals surface area (Å²) in [6.45, 7) is 4.98. The minimum absolute atomic E-state index is 0.239. The first-order valence-corrected chi connectivity index (χ1v) is 7.64. The highest BCUT2D eigenvalue weighted by atomic mass is 16.5. The number of ether oxygens (including phenoxy) is 2. The molecule has 4 nitrogen and oxygen atoms in total. The zero-order valence-corrected chi connectivity index (χ0v) is 13.0. The summed E-state index contributed by atoms with van der Waals surface area (Å²) >= 11 is 0. The van der Waals surface area contributed by atoms with Crippen LogP contribution in [0.3, 0.4) is 0 Å². The van der Waals surface area contributed by atoms with E-state index in [2.05, 4.69) is 42.0 Å². The molecule has 0 saturated carbocycles. The molecule has 0 aliphatic heterocycles. The van der Waals surface area contributed by atoms with Crippen LogP contribution >= 0.6 is 0 Å². The van der Waals surface area contributed by atoms with E-state index >= 15 is 0 Å². The molecule has 2 rings (SSSR count). The van der Waals surface area contributed by atoms with Crippen molar-refractivity contribution in [3.63, 3.8) is 0 Å². The predicted octanol–water partition coefficient (Wildman–Crippen LogP) is 2.58. The van der Waals surface area contributed by atoms with E-state index in [1.807, 2.05) is 0 Å². The van der Waals surface area contributed by atoms with Crippen molar-refractivity contribution in [2.24, 2.45) is 5.73 Å². The van der Waals surface area contributed by atoms with Gasteiger partial charge in [-0.1, -0.05) is 19.1 Å². The Labute approximate surface area is 126 Å². The van der Waals surface area contributed by atoms with Crippen molar-refractivity contribution >= 4 is 10.9 Å². The molecule has 0 radical (unpaired) electrons. The van der Waals surface area contributed by atoms with Gasteiger partial charge < -0.3 is 19.8 Å². The Morgan fingerprint density at radius 1 is 1.19 bits per heavy atom. The quantitative estimate of drug-likeness (QED) is 0.722. The summed E-state index contributed by atoms with van der Waals surface area (Å²) in [6, 6.07) is 8.99. The summed E-state index contributed by atoms with van der Waals surface area (Å²) in [5.74, 6) is 0. The van der Waals surface area contributed by atoms with Crippen LogP contribution in [-0.4, -0.2) is 37.5 Å². The molecule has 116 valence electrons. The van der Waals surface area contributed by atoms with Gasteiger partial charge in [0.1, 0.15) is 0 Å². The van der Waals surface area contributed by atoms with Gasteiger partial charge in [-0.2, -0.15) is 0 Å². The summed E-state index contributed by atoms with van der Waals surface area (Å²) in [6.07, 6.45) is 4.06. The Balaban J connectivity index is 2.01. The number of benzene rings is 1. The summed E-state index contributed by atoms with van der Waals surface area (Å²) < 4.78 is 12.8. The van der Waals surface area contributed by atoms with Crippen LogP contribution in [0.25, 0.3) is 10.9 Å². The number of hydrogen-bond donors (Lipinski definition) is 1. The molecule has 2 aromatic rings. The van der Waals surface area contributed by atoms with Crippen LogP contribution in [0.5, 0.6) is 0 Å². The minimum atomic E-state index is 0.239. The molecule has 0 saturated heterocycles. The van der Waals surface area contributed by atoms with Crippen molar-refractivity contribution in [1.82, 2.24) is 4.57 Å². The van der Waals surface area contributed by atoms with E-state index in [1.165, 1.54) is 16.5 Å². The second-order valence-electron chi connectivity index (χ2n) is 5.38. The molecule has 0 bridgehead atoms. The summed E-state index contributed by atoms with van der Waals surface area (Å²) in [5.41, 5.74) is 8.61. The number of nitrogens with zero attached hydrogens (tertiary/aromatic N) is 1. The van der Waals surface area contributed by atoms with E-state index in [4.69, 9.17) is 15.2 Å². The Kier molecular flexibility index (Phi) is 6.23. The van der Waals surface area contributed by atoms with Crippen molar-refractivity contribution < 1.29 is 9.47 Å². The maximum atomic E-state index is 6.05. The standard InChI is InChI=1S/C17H26N2O2/c1-3-16(18)12-14-4-5-15-6-7-19(17(15)13-14)8-9-21-11-10-20-2/h4-7,13,16H,3,8-12,18H2,1-2H3. The van der Waals surface area contributed by atoms with E-state index in [1.54, 1.807) is 7.11 Å². The Hall–Kier alpha value is -1.36. The van der Waals surface area contributed by atoms with E-state index in [9.17, 15) is 0 Å². The number of rotatable bonds is 9. The molecule has 2 N–H and O–H groups in total. The van der Waals surface area contributed by atoms with Gasteiger partial charge >= 0.3 is 0 Å². The van der Waals surface area contributed by atoms with Crippen LogP contribution in [0.1, 0.15) is 18.9 Å². The Morgan fingerprint density at radius 3 is 2.81 bits per heavy atom. The van der Waals surface area contributed by atoms with Gasteiger partial charge in [0, 0.05) is 31.4 Å². The molecule has 0 fully saturated rings. The van der Waals surface area contributed by atoms with Crippen LogP contribution in [0, 0.1) is 0 Å². The molecule has 1 aromatic heterocycles. The van der Waals surface area contributed by atoms with Crippen molar-refractivity contribution in [1.29, 1.82) is 0 Å². The maximum Gasteiger partial charge on any atom is 0.0701 e. The first-order valence-electron chi connectivity index (χ1n) is 7.64. The molecule has 21 heavy (non-hydrogen) atoms. The number of methoxy groups -OCH3 is 1. The number of hydrogen-bond acceptors (Lipinski definition) is 3. The van der Waals surface area contributed by atoms with E-state index < -0.39 is 0 Å². The van der Waals surface area contributed by atoms with Gasteiger partial charge in [0.25, 0.3) is 0 Å². The van der Waals surface area contributed by atoms with Crippen LogP contribution in [0.4, 0.5) is 0 Å². The molecular weight excluding hydrogens is 264 g/mol. The molecule has 0 aliphatic rings. The first kappa shape index (κ1) is 16.0. The molecule has 1 aromatic carbocycles. The molecule has 1 atom stereocenters. The fourth-order valence-corrected chi connectivity index (χ4v) is 2.41. The van der Waals surface area contributed by atoms with Crippen molar-refractivity contribution in [2.75, 3.05) is 26.9 Å². The molecule has 1 heterocycles. The monoisotopic (exact) mass is 290 g/mol. The van der Waals surface area contributed by atoms with Crippen molar-refractivity contribution in [3.8, 4) is 0 Å². The van der Waals surface area contributed by atoms with Gasteiger partial charge in [0.15, 0.2) is 0 Å². The number of nitrogens with two attached hydrogens (primary N) is 1. The van der Waals surface area contributed by atoms with E-state index in [0.717, 1.165) is 19.4 Å². The molecule has 4 heteroatoms. The van der Waals surface area contributed by atoms with E-state index in [0.29, 0.717) is 19.8 Å². The average Bonchev–Trinajstić information content (AvgIpc) is 2.89. The van der Waals surface area contributed by atoms with Crippen molar-refractivity contribution in [3.05, 3.63) is 36.0 Å². The van der Waals surface area contributed by atoms with Crippen molar-refractivity contribution in [2.45, 2.75) is 32.4 Å². The lowest BCUT2D eigenvalue weighted by Crippen LogP contribution is -2.21. The summed E-state index contributed by atoms with van der Waals surface area (Å²) in [7, 11) is 1.69. The van der Waals surface area contributed by atoms with Crippen LogP contribution < -0.4 is 5.73 Å². The minimum Gasteiger partial charge on any atom is -0.382 e. The second kappa shape index (κ2) is 8.17. The Morgan fingerprint density at radius 2 is 2.05 bits per heavy atom. The predicted molar refractivity (Wildman–Crippen MR) is 86.6 cm³/mol. The molecule has 1 unspecified atom stereocenters. The highest BCUT2D eigenvalue weighted by molar-refractivity contribution is 5.80. The van der Waals surface area contributed by atoms with Crippen LogP contribution in [-0.2, 0) is 22.4 Å². The molecule has 0 aliphatic carbocycles. The molecule has 0 spiro atoms. The number of aromatic nitrogens is 1. The van der Waals surface area contributed by atoms with Gasteiger partial charge in [-0.15, -0.1) is 0 Å². The number of fused-ring (bicyclic) bond motifs is 1. The smallest absolute Gasteiger partial charge is 0.0701 e. The zero-order valence-electron chi connectivity index (χ0n) is 13.0. The van der Waals surface area contributed by atoms with Gasteiger partial charge in [0.05, 0.1) is 19.8 Å². The molecular formula is C17H26N2O2. The lowest BCUT2D eigenvalue weighted by Gasteiger charge is -2.10. The lowest BCUT2D eigenvalue weighted by molar-refractivity contribution is 0.0670. The fourth-order valence-electron chi connectivity index (χ4n) is 2.41. The normalized spacial score (nSPS) is 12.9. The third kappa shape index (κ3) is 4.56. The first-order chi connectivity index (χ1) is 10.2. The third-order valence-electron chi connectivity index (χ3n) is 3.77. The fraction of sp³-hybridized carbons (Fsp3) is 0.529. The van der Waals surface area contributed by atoms with Crippen LogP contribution in [0.2, 0.25) is 0 Å². The second-order valence-corrected chi connectivity index (χ2v) is 5.38. The lowest BCUT2D eigenvalue weighted by atomic mass is 10.0. The Bertz CT molecular complexity index is 551. The highest BCUT2D eigenvalue weighted by Gasteiger charge is 2.05. The van der Waals surface area contributed by atoms with Gasteiger partial charge in [0.2, 0.25) is 0 Å².